The molecule has 6 heteroatoms. The second-order valence-corrected chi connectivity index (χ2v) is 6.40. The Kier molecular flexibility index (Phi) is 6.17. The highest BCUT2D eigenvalue weighted by Gasteiger charge is 2.31. The lowest BCUT2D eigenvalue weighted by atomic mass is 9.96. The topological polar surface area (TPSA) is 52.7 Å². The van der Waals surface area contributed by atoms with E-state index in [0.717, 1.165) is 19.3 Å². The van der Waals surface area contributed by atoms with Crippen LogP contribution in [-0.2, 0) is 4.79 Å². The summed E-state index contributed by atoms with van der Waals surface area (Å²) in [6, 6.07) is 5.90. The van der Waals surface area contributed by atoms with Gasteiger partial charge in [0.1, 0.15) is 5.82 Å². The molecule has 0 aliphatic carbocycles. The summed E-state index contributed by atoms with van der Waals surface area (Å²) in [5.74, 6) is -0.580. The van der Waals surface area contributed by atoms with E-state index in [-0.39, 0.29) is 29.6 Å². The van der Waals surface area contributed by atoms with Crippen molar-refractivity contribution in [2.75, 3.05) is 25.5 Å². The molecule has 1 heterocycles. The zero-order valence-corrected chi connectivity index (χ0v) is 14.6. The number of carbonyl (C=O) groups excluding carboxylic acids is 2. The first kappa shape index (κ1) is 18.2. The summed E-state index contributed by atoms with van der Waals surface area (Å²) in [5.41, 5.74) is 0.160. The third-order valence-electron chi connectivity index (χ3n) is 4.77. The molecule has 2 rings (SSSR count). The zero-order chi connectivity index (χ0) is 17.7. The number of benzene rings is 1. The van der Waals surface area contributed by atoms with Gasteiger partial charge in [-0.05, 0) is 38.3 Å². The second kappa shape index (κ2) is 8.13. The molecule has 0 saturated carbocycles. The summed E-state index contributed by atoms with van der Waals surface area (Å²) in [6.07, 6.45) is 2.45. The summed E-state index contributed by atoms with van der Waals surface area (Å²) in [4.78, 5) is 28.3. The minimum atomic E-state index is -0.466. The number of hydrogen-bond acceptors (Lipinski definition) is 2. The van der Waals surface area contributed by atoms with E-state index in [4.69, 9.17) is 0 Å². The van der Waals surface area contributed by atoms with E-state index in [0.29, 0.717) is 13.1 Å². The van der Waals surface area contributed by atoms with E-state index in [2.05, 4.69) is 5.32 Å². The average Bonchev–Trinajstić information content (AvgIpc) is 2.61. The van der Waals surface area contributed by atoms with Gasteiger partial charge in [-0.25, -0.2) is 9.18 Å². The Labute approximate surface area is 142 Å². The van der Waals surface area contributed by atoms with Crippen LogP contribution >= 0.6 is 0 Å². The van der Waals surface area contributed by atoms with Gasteiger partial charge in [0.05, 0.1) is 11.6 Å². The molecule has 1 fully saturated rings. The molecule has 1 aromatic carbocycles. The molecule has 5 nitrogen and oxygen atoms in total. The van der Waals surface area contributed by atoms with E-state index >= 15 is 0 Å². The van der Waals surface area contributed by atoms with Crippen molar-refractivity contribution in [1.29, 1.82) is 0 Å². The molecule has 0 aromatic heterocycles. The average molecular weight is 335 g/mol. The molecule has 0 spiro atoms. The van der Waals surface area contributed by atoms with Crippen molar-refractivity contribution in [3.8, 4) is 0 Å². The monoisotopic (exact) mass is 335 g/mol. The Balaban J connectivity index is 1.98. The van der Waals surface area contributed by atoms with E-state index in [1.54, 1.807) is 21.9 Å². The fourth-order valence-electron chi connectivity index (χ4n) is 2.90. The Morgan fingerprint density at radius 3 is 2.79 bits per heavy atom. The van der Waals surface area contributed by atoms with Crippen LogP contribution in [0.25, 0.3) is 0 Å². The third kappa shape index (κ3) is 4.24. The maximum absolute atomic E-state index is 13.7. The zero-order valence-electron chi connectivity index (χ0n) is 14.6. The molecule has 2 unspecified atom stereocenters. The van der Waals surface area contributed by atoms with Crippen molar-refractivity contribution in [2.24, 2.45) is 5.92 Å². The number of nitrogens with zero attached hydrogens (tertiary/aromatic N) is 2. The van der Waals surface area contributed by atoms with Crippen LogP contribution in [-0.4, -0.2) is 47.9 Å². The van der Waals surface area contributed by atoms with Crippen LogP contribution in [0, 0.1) is 11.7 Å². The molecule has 1 N–H and O–H groups in total. The molecule has 3 amide bonds. The van der Waals surface area contributed by atoms with Gasteiger partial charge in [-0.3, -0.25) is 4.79 Å². The van der Waals surface area contributed by atoms with Gasteiger partial charge in [0.2, 0.25) is 5.91 Å². The fourth-order valence-corrected chi connectivity index (χ4v) is 2.90. The first-order valence-electron chi connectivity index (χ1n) is 8.51. The maximum Gasteiger partial charge on any atom is 0.321 e. The van der Waals surface area contributed by atoms with Gasteiger partial charge < -0.3 is 15.1 Å². The van der Waals surface area contributed by atoms with Gasteiger partial charge >= 0.3 is 6.03 Å². The maximum atomic E-state index is 13.7. The molecule has 0 bridgehead atoms. The molecule has 2 atom stereocenters. The van der Waals surface area contributed by atoms with E-state index in [9.17, 15) is 14.0 Å². The van der Waals surface area contributed by atoms with Crippen molar-refractivity contribution in [1.82, 2.24) is 9.80 Å². The molecule has 0 radical (unpaired) electrons. The van der Waals surface area contributed by atoms with Crippen molar-refractivity contribution in [3.05, 3.63) is 30.1 Å². The minimum Gasteiger partial charge on any atom is -0.343 e. The van der Waals surface area contributed by atoms with Gasteiger partial charge in [-0.1, -0.05) is 19.1 Å². The van der Waals surface area contributed by atoms with Crippen LogP contribution in [0.15, 0.2) is 24.3 Å². The number of halogens is 1. The van der Waals surface area contributed by atoms with E-state index in [1.807, 2.05) is 20.9 Å². The molecule has 1 aromatic rings. The molecular formula is C18H26FN3O2. The molecular weight excluding hydrogens is 309 g/mol. The van der Waals surface area contributed by atoms with Crippen LogP contribution in [0.1, 0.15) is 33.1 Å². The number of rotatable bonds is 4. The SMILES string of the molecule is CCC(C)N(C)C(=O)C1CCCN(C(=O)Nc2ccccc2F)C1. The van der Waals surface area contributed by atoms with Crippen LogP contribution < -0.4 is 5.32 Å². The Bertz CT molecular complexity index is 593. The van der Waals surface area contributed by atoms with Gasteiger partial charge in [-0.15, -0.1) is 0 Å². The van der Waals surface area contributed by atoms with Crippen molar-refractivity contribution >= 4 is 17.6 Å². The highest BCUT2D eigenvalue weighted by atomic mass is 19.1. The third-order valence-corrected chi connectivity index (χ3v) is 4.77. The predicted molar refractivity (Wildman–Crippen MR) is 92.2 cm³/mol. The number of piperidine rings is 1. The summed E-state index contributed by atoms with van der Waals surface area (Å²) in [6.45, 7) is 5.02. The largest absolute Gasteiger partial charge is 0.343 e. The van der Waals surface area contributed by atoms with Crippen LogP contribution in [0.4, 0.5) is 14.9 Å². The second-order valence-electron chi connectivity index (χ2n) is 6.40. The molecule has 1 aliphatic heterocycles. The highest BCUT2D eigenvalue weighted by Crippen LogP contribution is 2.21. The van der Waals surface area contributed by atoms with Crippen LogP contribution in [0.2, 0.25) is 0 Å². The highest BCUT2D eigenvalue weighted by molar-refractivity contribution is 5.90. The molecule has 1 saturated heterocycles. The van der Waals surface area contributed by atoms with Crippen molar-refractivity contribution in [3.63, 3.8) is 0 Å². The predicted octanol–water partition coefficient (Wildman–Crippen LogP) is 3.33. The Morgan fingerprint density at radius 2 is 2.12 bits per heavy atom. The fraction of sp³-hybridized carbons (Fsp3) is 0.556. The van der Waals surface area contributed by atoms with Crippen LogP contribution in [0.5, 0.6) is 0 Å². The summed E-state index contributed by atoms with van der Waals surface area (Å²) in [5, 5.41) is 2.59. The number of urea groups is 1. The molecule has 1 aliphatic rings. The summed E-state index contributed by atoms with van der Waals surface area (Å²) >= 11 is 0. The number of para-hydroxylation sites is 1. The Hall–Kier alpha value is -2.11. The number of amides is 3. The first-order valence-corrected chi connectivity index (χ1v) is 8.51. The van der Waals surface area contributed by atoms with Gasteiger partial charge in [0.25, 0.3) is 0 Å². The van der Waals surface area contributed by atoms with Crippen molar-refractivity contribution in [2.45, 2.75) is 39.2 Å². The van der Waals surface area contributed by atoms with Gasteiger partial charge in [0, 0.05) is 26.2 Å². The smallest absolute Gasteiger partial charge is 0.321 e. The number of likely N-dealkylation sites (tertiary alicyclic amines) is 1. The quantitative estimate of drug-likeness (QED) is 0.917. The Morgan fingerprint density at radius 1 is 1.42 bits per heavy atom. The number of anilines is 1. The normalized spacial score (nSPS) is 18.8. The number of nitrogens with one attached hydrogen (secondary N) is 1. The lowest BCUT2D eigenvalue weighted by Gasteiger charge is -2.35. The number of carbonyl (C=O) groups is 2. The van der Waals surface area contributed by atoms with E-state index in [1.165, 1.54) is 12.1 Å². The molecule has 132 valence electrons. The standard InChI is InChI=1S/C18H26FN3O2/c1-4-13(2)21(3)17(23)14-8-7-11-22(12-14)18(24)20-16-10-6-5-9-15(16)19/h5-6,9-10,13-14H,4,7-8,11-12H2,1-3H3,(H,20,24). The van der Waals surface area contributed by atoms with Crippen molar-refractivity contribution < 1.29 is 14.0 Å². The lowest BCUT2D eigenvalue weighted by Crippen LogP contribution is -2.48. The first-order chi connectivity index (χ1) is 11.4. The van der Waals surface area contributed by atoms with E-state index < -0.39 is 5.82 Å². The number of hydrogen-bond donors (Lipinski definition) is 1. The van der Waals surface area contributed by atoms with Gasteiger partial charge in [0.15, 0.2) is 0 Å². The molecule has 24 heavy (non-hydrogen) atoms. The van der Waals surface area contributed by atoms with Gasteiger partial charge in [-0.2, -0.15) is 0 Å². The minimum absolute atomic E-state index is 0.0766. The van der Waals surface area contributed by atoms with Crippen LogP contribution in [0.3, 0.4) is 0 Å². The lowest BCUT2D eigenvalue weighted by molar-refractivity contribution is -0.137. The summed E-state index contributed by atoms with van der Waals surface area (Å²) in [7, 11) is 1.81. The summed E-state index contributed by atoms with van der Waals surface area (Å²) < 4.78 is 13.7.